The summed E-state index contributed by atoms with van der Waals surface area (Å²) in [5, 5.41) is 9.35. The van der Waals surface area contributed by atoms with E-state index in [1.54, 1.807) is 44.4 Å². The number of carbonyl (C=O) groups excluding carboxylic acids is 1. The minimum atomic E-state index is -0.193. The van der Waals surface area contributed by atoms with Gasteiger partial charge in [-0.1, -0.05) is 6.07 Å². The fourth-order valence-electron chi connectivity index (χ4n) is 1.50. The number of ether oxygens (including phenoxy) is 1. The van der Waals surface area contributed by atoms with E-state index >= 15 is 0 Å². The monoisotopic (exact) mass is 258 g/mol. The molecule has 1 aromatic carbocycles. The van der Waals surface area contributed by atoms with E-state index in [0.29, 0.717) is 17.2 Å². The lowest BCUT2D eigenvalue weighted by Gasteiger charge is -2.11. The smallest absolute Gasteiger partial charge is 0.272 e. The molecule has 0 aliphatic carbocycles. The number of rotatable bonds is 3. The Labute approximate surface area is 111 Å². The summed E-state index contributed by atoms with van der Waals surface area (Å²) < 4.78 is 5.56. The largest absolute Gasteiger partial charge is 0.508 e. The topological polar surface area (TPSA) is 62.7 Å². The lowest BCUT2D eigenvalue weighted by atomic mass is 10.3. The Morgan fingerprint density at radius 3 is 2.63 bits per heavy atom. The zero-order chi connectivity index (χ0) is 13.8. The van der Waals surface area contributed by atoms with Crippen molar-refractivity contribution >= 4 is 5.91 Å². The van der Waals surface area contributed by atoms with Crippen LogP contribution >= 0.6 is 0 Å². The van der Waals surface area contributed by atoms with Crippen molar-refractivity contribution in [2.24, 2.45) is 0 Å². The van der Waals surface area contributed by atoms with Gasteiger partial charge in [-0.05, 0) is 18.2 Å². The lowest BCUT2D eigenvalue weighted by Crippen LogP contribution is -2.22. The van der Waals surface area contributed by atoms with Crippen LogP contribution in [0.2, 0.25) is 0 Å². The van der Waals surface area contributed by atoms with Crippen molar-refractivity contribution in [1.82, 2.24) is 9.88 Å². The van der Waals surface area contributed by atoms with Gasteiger partial charge in [-0.3, -0.25) is 9.78 Å². The van der Waals surface area contributed by atoms with Gasteiger partial charge in [0.2, 0.25) is 0 Å². The number of benzene rings is 1. The van der Waals surface area contributed by atoms with Gasteiger partial charge in [-0.25, -0.2) is 0 Å². The number of aromatic hydroxyl groups is 1. The highest BCUT2D eigenvalue weighted by molar-refractivity contribution is 5.92. The van der Waals surface area contributed by atoms with Crippen LogP contribution in [0.5, 0.6) is 17.2 Å². The number of aromatic nitrogens is 1. The zero-order valence-electron chi connectivity index (χ0n) is 10.7. The van der Waals surface area contributed by atoms with Crippen LogP contribution in [-0.2, 0) is 0 Å². The van der Waals surface area contributed by atoms with Crippen molar-refractivity contribution in [2.75, 3.05) is 14.1 Å². The molecule has 0 fully saturated rings. The molecule has 0 unspecified atom stereocenters. The lowest BCUT2D eigenvalue weighted by molar-refractivity contribution is 0.0821. The fourth-order valence-corrected chi connectivity index (χ4v) is 1.50. The van der Waals surface area contributed by atoms with Crippen LogP contribution in [0.15, 0.2) is 42.6 Å². The maximum atomic E-state index is 11.8. The van der Waals surface area contributed by atoms with Gasteiger partial charge in [-0.2, -0.15) is 0 Å². The Morgan fingerprint density at radius 1 is 1.21 bits per heavy atom. The molecule has 0 aliphatic rings. The number of phenols is 1. The van der Waals surface area contributed by atoms with E-state index in [9.17, 15) is 9.90 Å². The summed E-state index contributed by atoms with van der Waals surface area (Å²) in [5.74, 6) is 0.915. The number of phenolic OH excluding ortho intramolecular Hbond substituents is 1. The molecule has 2 aromatic rings. The minimum Gasteiger partial charge on any atom is -0.508 e. The van der Waals surface area contributed by atoms with Crippen LogP contribution in [0, 0.1) is 0 Å². The summed E-state index contributed by atoms with van der Waals surface area (Å²) in [5.41, 5.74) is 0.308. The third-order valence-corrected chi connectivity index (χ3v) is 2.41. The maximum absolute atomic E-state index is 11.8. The summed E-state index contributed by atoms with van der Waals surface area (Å²) >= 11 is 0. The molecule has 5 heteroatoms. The average Bonchev–Trinajstić information content (AvgIpc) is 2.38. The van der Waals surface area contributed by atoms with E-state index in [1.165, 1.54) is 17.2 Å². The van der Waals surface area contributed by atoms with Gasteiger partial charge >= 0.3 is 0 Å². The zero-order valence-corrected chi connectivity index (χ0v) is 10.7. The summed E-state index contributed by atoms with van der Waals surface area (Å²) in [6.07, 6.45) is 1.51. The van der Waals surface area contributed by atoms with Crippen LogP contribution in [0.25, 0.3) is 0 Å². The van der Waals surface area contributed by atoms with Gasteiger partial charge in [0.15, 0.2) is 0 Å². The van der Waals surface area contributed by atoms with Gasteiger partial charge in [0.05, 0.1) is 0 Å². The molecule has 0 saturated heterocycles. The van der Waals surface area contributed by atoms with Crippen LogP contribution in [0.1, 0.15) is 10.5 Å². The maximum Gasteiger partial charge on any atom is 0.272 e. The first-order valence-electron chi connectivity index (χ1n) is 5.71. The first-order chi connectivity index (χ1) is 9.06. The summed E-state index contributed by atoms with van der Waals surface area (Å²) in [4.78, 5) is 17.2. The molecule has 19 heavy (non-hydrogen) atoms. The van der Waals surface area contributed by atoms with Crippen LogP contribution < -0.4 is 4.74 Å². The number of hydrogen-bond donors (Lipinski definition) is 1. The standard InChI is InChI=1S/C14H14N2O3/c1-16(2)14(18)13-9-12(6-7-15-13)19-11-5-3-4-10(17)8-11/h3-9,17H,1-2H3. The number of pyridine rings is 1. The molecule has 0 saturated carbocycles. The molecule has 1 heterocycles. The summed E-state index contributed by atoms with van der Waals surface area (Å²) in [6, 6.07) is 9.66. The number of hydrogen-bond acceptors (Lipinski definition) is 4. The average molecular weight is 258 g/mol. The molecule has 98 valence electrons. The SMILES string of the molecule is CN(C)C(=O)c1cc(Oc2cccc(O)c2)ccn1. The molecule has 0 spiro atoms. The number of amides is 1. The van der Waals surface area contributed by atoms with Gasteiger partial charge in [0.1, 0.15) is 22.9 Å². The molecule has 5 nitrogen and oxygen atoms in total. The Hall–Kier alpha value is -2.56. The molecule has 2 rings (SSSR count). The molecule has 0 aliphatic heterocycles. The quantitative estimate of drug-likeness (QED) is 0.917. The first kappa shape index (κ1) is 12.9. The van der Waals surface area contributed by atoms with E-state index in [-0.39, 0.29) is 11.7 Å². The van der Waals surface area contributed by atoms with Gasteiger partial charge in [0.25, 0.3) is 5.91 Å². The number of carbonyl (C=O) groups is 1. The highest BCUT2D eigenvalue weighted by Gasteiger charge is 2.10. The van der Waals surface area contributed by atoms with Crippen molar-refractivity contribution in [2.45, 2.75) is 0 Å². The Kier molecular flexibility index (Phi) is 3.66. The molecule has 0 atom stereocenters. The molecule has 0 bridgehead atoms. The van der Waals surface area contributed by atoms with E-state index < -0.39 is 0 Å². The molecule has 0 radical (unpaired) electrons. The van der Waals surface area contributed by atoms with Crippen molar-refractivity contribution in [3.8, 4) is 17.2 Å². The molecule has 1 N–H and O–H groups in total. The Morgan fingerprint density at radius 2 is 1.95 bits per heavy atom. The van der Waals surface area contributed by atoms with E-state index in [4.69, 9.17) is 4.74 Å². The minimum absolute atomic E-state index is 0.121. The van der Waals surface area contributed by atoms with Gasteiger partial charge in [0, 0.05) is 32.4 Å². The Bertz CT molecular complexity index is 597. The van der Waals surface area contributed by atoms with Crippen molar-refractivity contribution < 1.29 is 14.6 Å². The van der Waals surface area contributed by atoms with Gasteiger partial charge < -0.3 is 14.7 Å². The highest BCUT2D eigenvalue weighted by atomic mass is 16.5. The van der Waals surface area contributed by atoms with Gasteiger partial charge in [-0.15, -0.1) is 0 Å². The van der Waals surface area contributed by atoms with Crippen molar-refractivity contribution in [3.63, 3.8) is 0 Å². The molecule has 1 aromatic heterocycles. The van der Waals surface area contributed by atoms with Crippen LogP contribution in [0.4, 0.5) is 0 Å². The van der Waals surface area contributed by atoms with Crippen molar-refractivity contribution in [1.29, 1.82) is 0 Å². The second-order valence-electron chi connectivity index (χ2n) is 4.18. The first-order valence-corrected chi connectivity index (χ1v) is 5.71. The molecular weight excluding hydrogens is 244 g/mol. The summed E-state index contributed by atoms with van der Waals surface area (Å²) in [7, 11) is 3.32. The van der Waals surface area contributed by atoms with E-state index in [2.05, 4.69) is 4.98 Å². The molecular formula is C14H14N2O3. The molecule has 1 amide bonds. The normalized spacial score (nSPS) is 10.0. The van der Waals surface area contributed by atoms with Crippen LogP contribution in [-0.4, -0.2) is 35.0 Å². The van der Waals surface area contributed by atoms with Crippen molar-refractivity contribution in [3.05, 3.63) is 48.3 Å². The predicted octanol–water partition coefficient (Wildman–Crippen LogP) is 2.28. The van der Waals surface area contributed by atoms with E-state index in [0.717, 1.165) is 0 Å². The number of nitrogens with zero attached hydrogens (tertiary/aromatic N) is 2. The third kappa shape index (κ3) is 3.22. The van der Waals surface area contributed by atoms with Crippen LogP contribution in [0.3, 0.4) is 0 Å². The second-order valence-corrected chi connectivity index (χ2v) is 4.18. The van der Waals surface area contributed by atoms with E-state index in [1.807, 2.05) is 0 Å². The Balaban J connectivity index is 2.22. The predicted molar refractivity (Wildman–Crippen MR) is 70.4 cm³/mol. The highest BCUT2D eigenvalue weighted by Crippen LogP contribution is 2.24. The third-order valence-electron chi connectivity index (χ3n) is 2.41. The summed E-state index contributed by atoms with van der Waals surface area (Å²) in [6.45, 7) is 0. The second kappa shape index (κ2) is 5.39. The fraction of sp³-hybridized carbons (Fsp3) is 0.143.